The zero-order chi connectivity index (χ0) is 14.7. The van der Waals surface area contributed by atoms with Gasteiger partial charge in [-0.2, -0.15) is 5.10 Å². The molecule has 3 rings (SSSR count). The summed E-state index contributed by atoms with van der Waals surface area (Å²) in [5, 5.41) is 7.12. The Balaban J connectivity index is 1.64. The molecule has 0 bridgehead atoms. The van der Waals surface area contributed by atoms with E-state index in [1.165, 1.54) is 0 Å². The number of hydrogen-bond donors (Lipinski definition) is 2. The third-order valence-electron chi connectivity index (χ3n) is 3.52. The SMILES string of the molecule is NC[C@H]1CC[C@@H](C(=O)Nc2ccn(-c3ccccc3)n2)O1. The number of carbonyl (C=O) groups excluding carboxylic acids is 1. The zero-order valence-electron chi connectivity index (χ0n) is 11.6. The lowest BCUT2D eigenvalue weighted by molar-refractivity contribution is -0.126. The van der Waals surface area contributed by atoms with Crippen LogP contribution in [0.4, 0.5) is 5.82 Å². The molecule has 0 unspecified atom stereocenters. The lowest BCUT2D eigenvalue weighted by Gasteiger charge is -2.11. The van der Waals surface area contributed by atoms with E-state index in [1.807, 2.05) is 36.5 Å². The van der Waals surface area contributed by atoms with Gasteiger partial charge in [0.05, 0.1) is 11.8 Å². The number of carbonyl (C=O) groups is 1. The van der Waals surface area contributed by atoms with Crippen molar-refractivity contribution in [2.45, 2.75) is 25.0 Å². The van der Waals surface area contributed by atoms with Gasteiger partial charge in [0.2, 0.25) is 0 Å². The number of nitrogens with zero attached hydrogens (tertiary/aromatic N) is 2. The average molecular weight is 286 g/mol. The van der Waals surface area contributed by atoms with Gasteiger partial charge in [-0.1, -0.05) is 18.2 Å². The van der Waals surface area contributed by atoms with E-state index in [4.69, 9.17) is 10.5 Å². The summed E-state index contributed by atoms with van der Waals surface area (Å²) in [7, 11) is 0. The maximum absolute atomic E-state index is 12.1. The summed E-state index contributed by atoms with van der Waals surface area (Å²) in [5.74, 6) is 0.355. The van der Waals surface area contributed by atoms with Gasteiger partial charge in [-0.3, -0.25) is 4.79 Å². The molecule has 3 N–H and O–H groups in total. The average Bonchev–Trinajstić information content (AvgIpc) is 3.17. The van der Waals surface area contributed by atoms with Gasteiger partial charge < -0.3 is 15.8 Å². The fraction of sp³-hybridized carbons (Fsp3) is 0.333. The number of nitrogens with two attached hydrogens (primary N) is 1. The topological polar surface area (TPSA) is 82.2 Å². The molecule has 0 aliphatic carbocycles. The fourth-order valence-corrected chi connectivity index (χ4v) is 2.39. The summed E-state index contributed by atoms with van der Waals surface area (Å²) in [6.45, 7) is 0.451. The molecule has 1 fully saturated rings. The van der Waals surface area contributed by atoms with E-state index < -0.39 is 6.10 Å². The predicted octanol–water partition coefficient (Wildman–Crippen LogP) is 1.32. The first kappa shape index (κ1) is 13.8. The molecule has 0 saturated carbocycles. The van der Waals surface area contributed by atoms with Crippen LogP contribution in [0.2, 0.25) is 0 Å². The monoisotopic (exact) mass is 286 g/mol. The van der Waals surface area contributed by atoms with Crippen LogP contribution in [-0.4, -0.2) is 34.4 Å². The van der Waals surface area contributed by atoms with Crippen molar-refractivity contribution >= 4 is 11.7 Å². The summed E-state index contributed by atoms with van der Waals surface area (Å²) in [6, 6.07) is 11.5. The number of anilines is 1. The minimum absolute atomic E-state index is 0.0115. The molecule has 2 atom stereocenters. The van der Waals surface area contributed by atoms with Crippen molar-refractivity contribution in [2.75, 3.05) is 11.9 Å². The van der Waals surface area contributed by atoms with Crippen LogP contribution in [0.5, 0.6) is 0 Å². The van der Waals surface area contributed by atoms with Crippen LogP contribution in [0, 0.1) is 0 Å². The van der Waals surface area contributed by atoms with Crippen LogP contribution in [0.1, 0.15) is 12.8 Å². The first-order chi connectivity index (χ1) is 10.3. The summed E-state index contributed by atoms with van der Waals surface area (Å²) in [4.78, 5) is 12.1. The quantitative estimate of drug-likeness (QED) is 0.888. The number of para-hydroxylation sites is 1. The Bertz CT molecular complexity index is 611. The van der Waals surface area contributed by atoms with Crippen LogP contribution in [-0.2, 0) is 9.53 Å². The smallest absolute Gasteiger partial charge is 0.254 e. The molecule has 21 heavy (non-hydrogen) atoms. The molecule has 1 aliphatic rings. The van der Waals surface area contributed by atoms with Crippen LogP contribution in [0.3, 0.4) is 0 Å². The molecule has 1 amide bonds. The first-order valence-corrected chi connectivity index (χ1v) is 7.04. The molecule has 110 valence electrons. The molecular weight excluding hydrogens is 268 g/mol. The summed E-state index contributed by atoms with van der Waals surface area (Å²) < 4.78 is 7.28. The molecule has 1 aliphatic heterocycles. The first-order valence-electron chi connectivity index (χ1n) is 7.04. The van der Waals surface area contributed by atoms with Crippen LogP contribution < -0.4 is 11.1 Å². The van der Waals surface area contributed by atoms with Gasteiger partial charge in [-0.25, -0.2) is 4.68 Å². The molecule has 6 heteroatoms. The molecule has 1 saturated heterocycles. The van der Waals surface area contributed by atoms with Crippen LogP contribution in [0.25, 0.3) is 5.69 Å². The van der Waals surface area contributed by atoms with Crippen molar-refractivity contribution < 1.29 is 9.53 Å². The highest BCUT2D eigenvalue weighted by molar-refractivity contribution is 5.93. The Kier molecular flexibility index (Phi) is 3.98. The van der Waals surface area contributed by atoms with Crippen molar-refractivity contribution in [3.8, 4) is 5.69 Å². The van der Waals surface area contributed by atoms with Gasteiger partial charge >= 0.3 is 0 Å². The van der Waals surface area contributed by atoms with Gasteiger partial charge in [-0.15, -0.1) is 0 Å². The molecular formula is C15H18N4O2. The molecule has 6 nitrogen and oxygen atoms in total. The summed E-state index contributed by atoms with van der Waals surface area (Å²) >= 11 is 0. The third-order valence-corrected chi connectivity index (χ3v) is 3.52. The zero-order valence-corrected chi connectivity index (χ0v) is 11.6. The maximum Gasteiger partial charge on any atom is 0.254 e. The highest BCUT2D eigenvalue weighted by atomic mass is 16.5. The van der Waals surface area contributed by atoms with Gasteiger partial charge in [0.25, 0.3) is 5.91 Å². The Hall–Kier alpha value is -2.18. The van der Waals surface area contributed by atoms with Crippen molar-refractivity contribution in [1.29, 1.82) is 0 Å². The molecule has 2 aromatic rings. The summed E-state index contributed by atoms with van der Waals surface area (Å²) in [6.07, 6.45) is 2.89. The van der Waals surface area contributed by atoms with E-state index in [1.54, 1.807) is 10.7 Å². The number of nitrogens with one attached hydrogen (secondary N) is 1. The predicted molar refractivity (Wildman–Crippen MR) is 79.1 cm³/mol. The number of ether oxygens (including phenoxy) is 1. The minimum atomic E-state index is -0.430. The van der Waals surface area contributed by atoms with E-state index in [2.05, 4.69) is 10.4 Å². The summed E-state index contributed by atoms with van der Waals surface area (Å²) in [5.41, 5.74) is 6.49. The van der Waals surface area contributed by atoms with E-state index in [0.29, 0.717) is 18.8 Å². The standard InChI is InChI=1S/C15H18N4O2/c16-10-12-6-7-13(21-12)15(20)17-14-8-9-19(18-14)11-4-2-1-3-5-11/h1-5,8-9,12-13H,6-7,10,16H2,(H,17,18,20)/t12-,13+/m1/s1. The number of aromatic nitrogens is 2. The molecule has 1 aromatic heterocycles. The lowest BCUT2D eigenvalue weighted by Crippen LogP contribution is -2.30. The van der Waals surface area contributed by atoms with Gasteiger partial charge in [0, 0.05) is 18.8 Å². The number of benzene rings is 1. The van der Waals surface area contributed by atoms with Gasteiger partial charge in [0.1, 0.15) is 6.10 Å². The second-order valence-corrected chi connectivity index (χ2v) is 5.03. The highest BCUT2D eigenvalue weighted by Crippen LogP contribution is 2.20. The van der Waals surface area contributed by atoms with Gasteiger partial charge in [0.15, 0.2) is 5.82 Å². The van der Waals surface area contributed by atoms with Crippen LogP contribution in [0.15, 0.2) is 42.6 Å². The number of hydrogen-bond acceptors (Lipinski definition) is 4. The fourth-order valence-electron chi connectivity index (χ4n) is 2.39. The maximum atomic E-state index is 12.1. The van der Waals surface area contributed by atoms with E-state index in [-0.39, 0.29) is 12.0 Å². The largest absolute Gasteiger partial charge is 0.364 e. The van der Waals surface area contributed by atoms with E-state index >= 15 is 0 Å². The van der Waals surface area contributed by atoms with Crippen LogP contribution >= 0.6 is 0 Å². The minimum Gasteiger partial charge on any atom is -0.364 e. The van der Waals surface area contributed by atoms with E-state index in [9.17, 15) is 4.79 Å². The Morgan fingerprint density at radius 1 is 1.33 bits per heavy atom. The Labute approximate surface area is 122 Å². The second kappa shape index (κ2) is 6.07. The third kappa shape index (κ3) is 3.12. The normalized spacial score (nSPS) is 21.4. The van der Waals surface area contributed by atoms with Crippen molar-refractivity contribution in [3.05, 3.63) is 42.6 Å². The Morgan fingerprint density at radius 3 is 2.86 bits per heavy atom. The van der Waals surface area contributed by atoms with Gasteiger partial charge in [-0.05, 0) is 25.0 Å². The van der Waals surface area contributed by atoms with Crippen molar-refractivity contribution in [1.82, 2.24) is 9.78 Å². The Morgan fingerprint density at radius 2 is 2.14 bits per heavy atom. The molecule has 0 radical (unpaired) electrons. The number of rotatable bonds is 4. The second-order valence-electron chi connectivity index (χ2n) is 5.03. The van der Waals surface area contributed by atoms with Crippen molar-refractivity contribution in [2.24, 2.45) is 5.73 Å². The molecule has 0 spiro atoms. The van der Waals surface area contributed by atoms with Crippen molar-refractivity contribution in [3.63, 3.8) is 0 Å². The van der Waals surface area contributed by atoms with E-state index in [0.717, 1.165) is 12.1 Å². The number of amides is 1. The highest BCUT2D eigenvalue weighted by Gasteiger charge is 2.30. The molecule has 1 aromatic carbocycles. The molecule has 2 heterocycles. The lowest BCUT2D eigenvalue weighted by atomic mass is 10.2.